The molecule has 0 saturated heterocycles. The molecule has 0 unspecified atom stereocenters. The fourth-order valence-corrected chi connectivity index (χ4v) is 0.916. The summed E-state index contributed by atoms with van der Waals surface area (Å²) in [6, 6.07) is 7.38. The topological polar surface area (TPSA) is 26.3 Å². The zero-order valence-corrected chi connectivity index (χ0v) is 10.1. The van der Waals surface area contributed by atoms with E-state index < -0.39 is 4.32 Å². The van der Waals surface area contributed by atoms with Gasteiger partial charge in [0.25, 0.3) is 0 Å². The summed E-state index contributed by atoms with van der Waals surface area (Å²) in [4.78, 5) is 11.4. The summed E-state index contributed by atoms with van der Waals surface area (Å²) in [6.45, 7) is 5.49. The number of hydrogen-bond acceptors (Lipinski definition) is 2. The van der Waals surface area contributed by atoms with Crippen molar-refractivity contribution in [2.24, 2.45) is 0 Å². The molecule has 3 heteroatoms. The molecular weight excluding hydrogens is 244 g/mol. The molecule has 0 spiro atoms. The maximum atomic E-state index is 11.4. The number of aryl methyl sites for hydroxylation is 1. The summed E-state index contributed by atoms with van der Waals surface area (Å²) < 4.78 is 4.51. The van der Waals surface area contributed by atoms with Gasteiger partial charge < -0.3 is 4.74 Å². The van der Waals surface area contributed by atoms with Crippen molar-refractivity contribution in [1.82, 2.24) is 0 Å². The molecule has 0 fully saturated rings. The van der Waals surface area contributed by atoms with Crippen molar-refractivity contribution in [3.05, 3.63) is 29.8 Å². The zero-order valence-electron chi connectivity index (χ0n) is 8.50. The Morgan fingerprint density at radius 2 is 1.79 bits per heavy atom. The molecule has 1 aromatic carbocycles. The van der Waals surface area contributed by atoms with Crippen LogP contribution in [0.25, 0.3) is 0 Å². The maximum Gasteiger partial charge on any atom is 0.327 e. The van der Waals surface area contributed by atoms with Gasteiger partial charge in [0.1, 0.15) is 10.1 Å². The van der Waals surface area contributed by atoms with Gasteiger partial charge in [0.05, 0.1) is 0 Å². The molecule has 0 radical (unpaired) electrons. The minimum atomic E-state index is -0.641. The quantitative estimate of drug-likeness (QED) is 0.462. The number of benzene rings is 1. The van der Waals surface area contributed by atoms with Gasteiger partial charge in [-0.25, -0.2) is 0 Å². The third-order valence-corrected chi connectivity index (χ3v) is 2.04. The lowest BCUT2D eigenvalue weighted by molar-refractivity contribution is -0.136. The van der Waals surface area contributed by atoms with Crippen molar-refractivity contribution in [2.45, 2.75) is 25.1 Å². The Morgan fingerprint density at radius 1 is 1.29 bits per heavy atom. The van der Waals surface area contributed by atoms with E-state index in [0.29, 0.717) is 5.75 Å². The van der Waals surface area contributed by atoms with Crippen LogP contribution in [0.15, 0.2) is 24.3 Å². The van der Waals surface area contributed by atoms with Crippen molar-refractivity contribution in [3.8, 4) is 5.75 Å². The van der Waals surface area contributed by atoms with E-state index >= 15 is 0 Å². The molecule has 76 valence electrons. The van der Waals surface area contributed by atoms with Gasteiger partial charge in [-0.15, -0.1) is 0 Å². The summed E-state index contributed by atoms with van der Waals surface area (Å²) in [6.07, 6.45) is 0. The fourth-order valence-electron chi connectivity index (χ4n) is 0.835. The Morgan fingerprint density at radius 3 is 2.21 bits per heavy atom. The second kappa shape index (κ2) is 4.13. The van der Waals surface area contributed by atoms with E-state index in [4.69, 9.17) is 4.74 Å². The number of alkyl halides is 1. The van der Waals surface area contributed by atoms with Gasteiger partial charge in [-0.05, 0) is 32.9 Å². The molecule has 0 amide bonds. The summed E-state index contributed by atoms with van der Waals surface area (Å²) in [5, 5.41) is 0. The summed E-state index contributed by atoms with van der Waals surface area (Å²) in [5.41, 5.74) is 1.14. The third-order valence-electron chi connectivity index (χ3n) is 1.72. The molecule has 1 rings (SSSR count). The van der Waals surface area contributed by atoms with Crippen LogP contribution in [0.2, 0.25) is 0 Å². The smallest absolute Gasteiger partial charge is 0.327 e. The van der Waals surface area contributed by atoms with Crippen LogP contribution in [-0.2, 0) is 4.79 Å². The minimum Gasteiger partial charge on any atom is -0.426 e. The lowest BCUT2D eigenvalue weighted by atomic mass is 10.2. The second-order valence-corrected chi connectivity index (χ2v) is 5.66. The molecule has 2 nitrogen and oxygen atoms in total. The average molecular weight is 257 g/mol. The third kappa shape index (κ3) is 3.14. The first-order chi connectivity index (χ1) is 6.39. The number of hydrogen-bond donors (Lipinski definition) is 0. The maximum absolute atomic E-state index is 11.4. The first-order valence-electron chi connectivity index (χ1n) is 4.37. The van der Waals surface area contributed by atoms with Crippen molar-refractivity contribution >= 4 is 21.9 Å². The van der Waals surface area contributed by atoms with Gasteiger partial charge in [-0.1, -0.05) is 33.6 Å². The number of esters is 1. The average Bonchev–Trinajstić information content (AvgIpc) is 2.07. The second-order valence-electron chi connectivity index (χ2n) is 3.68. The van der Waals surface area contributed by atoms with Crippen LogP contribution in [0.1, 0.15) is 19.4 Å². The Labute approximate surface area is 92.4 Å². The molecule has 0 heterocycles. The lowest BCUT2D eigenvalue weighted by Gasteiger charge is -2.14. The van der Waals surface area contributed by atoms with Gasteiger partial charge in [0.2, 0.25) is 0 Å². The molecule has 0 aliphatic carbocycles. The molecule has 0 aliphatic rings. The zero-order chi connectivity index (χ0) is 10.8. The SMILES string of the molecule is Cc1ccc(OC(=O)C(C)(C)Br)cc1. The molecule has 14 heavy (non-hydrogen) atoms. The molecule has 0 bridgehead atoms. The van der Waals surface area contributed by atoms with Crippen molar-refractivity contribution in [2.75, 3.05) is 0 Å². The van der Waals surface area contributed by atoms with Gasteiger partial charge >= 0.3 is 5.97 Å². The van der Waals surface area contributed by atoms with Crippen LogP contribution in [0.5, 0.6) is 5.75 Å². The number of halogens is 1. The van der Waals surface area contributed by atoms with Crippen LogP contribution in [0.4, 0.5) is 0 Å². The number of rotatable bonds is 2. The van der Waals surface area contributed by atoms with E-state index in [0.717, 1.165) is 5.56 Å². The molecule has 1 aromatic rings. The summed E-state index contributed by atoms with van der Waals surface area (Å²) in [5.74, 6) is 0.287. The Kier molecular flexibility index (Phi) is 3.32. The fraction of sp³-hybridized carbons (Fsp3) is 0.364. The molecule has 0 aliphatic heterocycles. The number of carbonyl (C=O) groups is 1. The van der Waals surface area contributed by atoms with Crippen LogP contribution >= 0.6 is 15.9 Å². The monoisotopic (exact) mass is 256 g/mol. The van der Waals surface area contributed by atoms with E-state index in [9.17, 15) is 4.79 Å². The minimum absolute atomic E-state index is 0.290. The van der Waals surface area contributed by atoms with Gasteiger partial charge in [-0.2, -0.15) is 0 Å². The summed E-state index contributed by atoms with van der Waals surface area (Å²) in [7, 11) is 0. The molecule has 0 atom stereocenters. The lowest BCUT2D eigenvalue weighted by Crippen LogP contribution is -2.29. The van der Waals surface area contributed by atoms with Gasteiger partial charge in [0, 0.05) is 0 Å². The van der Waals surface area contributed by atoms with Crippen molar-refractivity contribution in [3.63, 3.8) is 0 Å². The van der Waals surface area contributed by atoms with E-state index in [2.05, 4.69) is 15.9 Å². The molecular formula is C11H13BrO2. The van der Waals surface area contributed by atoms with E-state index in [1.54, 1.807) is 26.0 Å². The van der Waals surface area contributed by atoms with Crippen LogP contribution in [0.3, 0.4) is 0 Å². The molecule has 0 N–H and O–H groups in total. The van der Waals surface area contributed by atoms with E-state index in [1.807, 2.05) is 19.1 Å². The highest BCUT2D eigenvalue weighted by Crippen LogP contribution is 2.20. The van der Waals surface area contributed by atoms with E-state index in [-0.39, 0.29) is 5.97 Å². The largest absolute Gasteiger partial charge is 0.426 e. The van der Waals surface area contributed by atoms with Gasteiger partial charge in [-0.3, -0.25) is 4.79 Å². The standard InChI is InChI=1S/C11H13BrO2/c1-8-4-6-9(7-5-8)14-10(13)11(2,3)12/h4-7H,1-3H3. The van der Waals surface area contributed by atoms with Crippen LogP contribution < -0.4 is 4.74 Å². The highest BCUT2D eigenvalue weighted by molar-refractivity contribution is 9.10. The van der Waals surface area contributed by atoms with Crippen LogP contribution in [-0.4, -0.2) is 10.3 Å². The first kappa shape index (κ1) is 11.2. The highest BCUT2D eigenvalue weighted by atomic mass is 79.9. The highest BCUT2D eigenvalue weighted by Gasteiger charge is 2.25. The normalized spacial score (nSPS) is 11.1. The number of ether oxygens (including phenoxy) is 1. The van der Waals surface area contributed by atoms with Gasteiger partial charge in [0.15, 0.2) is 0 Å². The van der Waals surface area contributed by atoms with Crippen LogP contribution in [0, 0.1) is 6.92 Å². The molecule has 0 aromatic heterocycles. The van der Waals surface area contributed by atoms with Crippen molar-refractivity contribution in [1.29, 1.82) is 0 Å². The Balaban J connectivity index is 2.71. The Bertz CT molecular complexity index is 322. The first-order valence-corrected chi connectivity index (χ1v) is 5.17. The van der Waals surface area contributed by atoms with Crippen molar-refractivity contribution < 1.29 is 9.53 Å². The molecule has 0 saturated carbocycles. The predicted molar refractivity (Wildman–Crippen MR) is 59.8 cm³/mol. The predicted octanol–water partition coefficient (Wildman–Crippen LogP) is 3.07. The Hall–Kier alpha value is -0.830. The summed E-state index contributed by atoms with van der Waals surface area (Å²) >= 11 is 3.24. The number of carbonyl (C=O) groups excluding carboxylic acids is 1. The van der Waals surface area contributed by atoms with E-state index in [1.165, 1.54) is 0 Å².